The van der Waals surface area contributed by atoms with Crippen LogP contribution in [-0.2, 0) is 16.4 Å². The van der Waals surface area contributed by atoms with Gasteiger partial charge in [-0.25, -0.2) is 8.42 Å². The van der Waals surface area contributed by atoms with Gasteiger partial charge in [0.2, 0.25) is 10.0 Å². The number of fused-ring (bicyclic) bond motifs is 1. The summed E-state index contributed by atoms with van der Waals surface area (Å²) in [5, 5.41) is 2.83. The Balaban J connectivity index is 0.00000243. The summed E-state index contributed by atoms with van der Waals surface area (Å²) in [6.07, 6.45) is 1.79. The molecule has 2 aromatic rings. The quantitative estimate of drug-likeness (QED) is 0.808. The molecule has 0 fully saturated rings. The molecule has 1 atom stereocenters. The highest BCUT2D eigenvalue weighted by molar-refractivity contribution is 7.92. The van der Waals surface area contributed by atoms with Gasteiger partial charge >= 0.3 is 0 Å². The number of hydrogen-bond acceptors (Lipinski definition) is 4. The molecule has 1 heterocycles. The first-order valence-corrected chi connectivity index (χ1v) is 9.90. The second-order valence-electron chi connectivity index (χ2n) is 6.16. The van der Waals surface area contributed by atoms with Crippen molar-refractivity contribution >= 4 is 34.0 Å². The molecule has 8 heteroatoms. The van der Waals surface area contributed by atoms with Gasteiger partial charge in [0.25, 0.3) is 5.91 Å². The van der Waals surface area contributed by atoms with Gasteiger partial charge in [-0.3, -0.25) is 9.10 Å². The molecule has 3 N–H and O–H groups in total. The Hall–Kier alpha value is -2.09. The van der Waals surface area contributed by atoms with Crippen LogP contribution in [-0.4, -0.2) is 33.7 Å². The van der Waals surface area contributed by atoms with Crippen molar-refractivity contribution in [3.05, 3.63) is 65.2 Å². The van der Waals surface area contributed by atoms with Gasteiger partial charge in [0.1, 0.15) is 0 Å². The van der Waals surface area contributed by atoms with Crippen LogP contribution in [0.2, 0.25) is 0 Å². The Kier molecular flexibility index (Phi) is 6.28. The van der Waals surface area contributed by atoms with Crippen LogP contribution in [0.5, 0.6) is 0 Å². The zero-order chi connectivity index (χ0) is 18.0. The van der Waals surface area contributed by atoms with E-state index in [0.29, 0.717) is 30.8 Å². The van der Waals surface area contributed by atoms with Crippen molar-refractivity contribution in [2.75, 3.05) is 23.7 Å². The zero-order valence-corrected chi connectivity index (χ0v) is 16.0. The minimum Gasteiger partial charge on any atom is -0.350 e. The maximum absolute atomic E-state index is 12.4. The van der Waals surface area contributed by atoms with Crippen molar-refractivity contribution < 1.29 is 13.2 Å². The molecule has 0 saturated carbocycles. The van der Waals surface area contributed by atoms with Gasteiger partial charge in [0.05, 0.1) is 11.9 Å². The third-order valence-corrected chi connectivity index (χ3v) is 5.49. The normalized spacial score (nSPS) is 14.3. The van der Waals surface area contributed by atoms with E-state index in [4.69, 9.17) is 5.73 Å². The molecule has 1 unspecified atom stereocenters. The van der Waals surface area contributed by atoms with Crippen LogP contribution in [0.25, 0.3) is 0 Å². The number of rotatable bonds is 5. The molecular formula is C18H22ClN3O3S. The highest BCUT2D eigenvalue weighted by Crippen LogP contribution is 2.30. The van der Waals surface area contributed by atoms with Gasteiger partial charge in [0, 0.05) is 24.7 Å². The molecule has 2 aromatic carbocycles. The first kappa shape index (κ1) is 20.2. The van der Waals surface area contributed by atoms with Gasteiger partial charge in [-0.2, -0.15) is 0 Å². The first-order valence-electron chi connectivity index (χ1n) is 8.05. The van der Waals surface area contributed by atoms with Crippen molar-refractivity contribution in [2.24, 2.45) is 5.73 Å². The van der Waals surface area contributed by atoms with Crippen molar-refractivity contribution in [1.29, 1.82) is 0 Å². The number of nitrogens with one attached hydrogen (secondary N) is 1. The smallest absolute Gasteiger partial charge is 0.251 e. The van der Waals surface area contributed by atoms with Crippen LogP contribution < -0.4 is 15.4 Å². The number of nitrogens with two attached hydrogens (primary N) is 1. The molecular weight excluding hydrogens is 374 g/mol. The van der Waals surface area contributed by atoms with E-state index >= 15 is 0 Å². The number of hydrogen-bond donors (Lipinski definition) is 2. The van der Waals surface area contributed by atoms with Gasteiger partial charge in [0.15, 0.2) is 0 Å². The van der Waals surface area contributed by atoms with Crippen LogP contribution in [0.1, 0.15) is 27.5 Å². The molecule has 0 bridgehead atoms. The average molecular weight is 396 g/mol. The maximum Gasteiger partial charge on any atom is 0.251 e. The number of benzene rings is 2. The second-order valence-corrected chi connectivity index (χ2v) is 8.06. The molecule has 0 saturated heterocycles. The zero-order valence-electron chi connectivity index (χ0n) is 14.4. The first-order chi connectivity index (χ1) is 11.9. The predicted octanol–water partition coefficient (Wildman–Crippen LogP) is 1.86. The van der Waals surface area contributed by atoms with Crippen LogP contribution in [0.3, 0.4) is 0 Å². The third kappa shape index (κ3) is 4.35. The summed E-state index contributed by atoms with van der Waals surface area (Å²) >= 11 is 0. The standard InChI is InChI=1S/C18H21N3O3S.ClH/c1-25(23,24)21-10-9-14-11-15(7-8-17(14)21)18(22)20-12-16(19)13-5-3-2-4-6-13;/h2-8,11,16H,9-10,12,19H2,1H3,(H,20,22);1H. The summed E-state index contributed by atoms with van der Waals surface area (Å²) in [5.74, 6) is -0.216. The number of amides is 1. The van der Waals surface area contributed by atoms with Gasteiger partial charge in [-0.05, 0) is 35.7 Å². The summed E-state index contributed by atoms with van der Waals surface area (Å²) in [5.41, 5.74) is 9.08. The number of halogens is 1. The Morgan fingerprint density at radius 1 is 1.23 bits per heavy atom. The van der Waals surface area contributed by atoms with E-state index in [0.717, 1.165) is 11.1 Å². The Labute approximate surface area is 159 Å². The Morgan fingerprint density at radius 2 is 1.92 bits per heavy atom. The lowest BCUT2D eigenvalue weighted by Crippen LogP contribution is -2.32. The number of carbonyl (C=O) groups excluding carboxylic acids is 1. The van der Waals surface area contributed by atoms with Crippen molar-refractivity contribution in [2.45, 2.75) is 12.5 Å². The molecule has 26 heavy (non-hydrogen) atoms. The van der Waals surface area contributed by atoms with E-state index in [9.17, 15) is 13.2 Å². The lowest BCUT2D eigenvalue weighted by atomic mass is 10.1. The van der Waals surface area contributed by atoms with Gasteiger partial charge in [-0.1, -0.05) is 30.3 Å². The van der Waals surface area contributed by atoms with Crippen molar-refractivity contribution in [3.8, 4) is 0 Å². The number of carbonyl (C=O) groups is 1. The van der Waals surface area contributed by atoms with Crippen molar-refractivity contribution in [1.82, 2.24) is 5.32 Å². The fraction of sp³-hybridized carbons (Fsp3) is 0.278. The number of nitrogens with zero attached hydrogens (tertiary/aromatic N) is 1. The second kappa shape index (κ2) is 8.07. The fourth-order valence-electron chi connectivity index (χ4n) is 2.98. The largest absolute Gasteiger partial charge is 0.350 e. The number of anilines is 1. The van der Waals surface area contributed by atoms with Gasteiger partial charge < -0.3 is 11.1 Å². The third-order valence-electron chi connectivity index (χ3n) is 4.31. The molecule has 3 rings (SSSR count). The van der Waals surface area contributed by atoms with Crippen LogP contribution in [0.4, 0.5) is 5.69 Å². The summed E-state index contributed by atoms with van der Waals surface area (Å²) in [6, 6.07) is 14.4. The summed E-state index contributed by atoms with van der Waals surface area (Å²) < 4.78 is 24.9. The van der Waals surface area contributed by atoms with Crippen molar-refractivity contribution in [3.63, 3.8) is 0 Å². The molecule has 1 amide bonds. The Bertz CT molecular complexity index is 888. The Morgan fingerprint density at radius 3 is 2.58 bits per heavy atom. The minimum absolute atomic E-state index is 0. The van der Waals surface area contributed by atoms with E-state index in [1.54, 1.807) is 18.2 Å². The molecule has 0 aliphatic carbocycles. The van der Waals surface area contributed by atoms with Crippen LogP contribution >= 0.6 is 12.4 Å². The molecule has 1 aliphatic rings. The SMILES string of the molecule is CS(=O)(=O)N1CCc2cc(C(=O)NCC(N)c3ccccc3)ccc21.Cl. The summed E-state index contributed by atoms with van der Waals surface area (Å²) in [7, 11) is -3.28. The molecule has 1 aliphatic heterocycles. The molecule has 0 radical (unpaired) electrons. The molecule has 0 aromatic heterocycles. The predicted molar refractivity (Wildman–Crippen MR) is 105 cm³/mol. The van der Waals surface area contributed by atoms with E-state index < -0.39 is 10.0 Å². The highest BCUT2D eigenvalue weighted by Gasteiger charge is 2.26. The lowest BCUT2D eigenvalue weighted by Gasteiger charge is -2.17. The van der Waals surface area contributed by atoms with E-state index in [-0.39, 0.29) is 24.4 Å². The van der Waals surface area contributed by atoms with Gasteiger partial charge in [-0.15, -0.1) is 12.4 Å². The minimum atomic E-state index is -3.28. The molecule has 0 spiro atoms. The molecule has 6 nitrogen and oxygen atoms in total. The monoisotopic (exact) mass is 395 g/mol. The fourth-order valence-corrected chi connectivity index (χ4v) is 3.94. The van der Waals surface area contributed by atoms with E-state index in [1.165, 1.54) is 10.6 Å². The summed E-state index contributed by atoms with van der Waals surface area (Å²) in [6.45, 7) is 0.744. The summed E-state index contributed by atoms with van der Waals surface area (Å²) in [4.78, 5) is 12.4. The molecule has 140 valence electrons. The number of sulfonamides is 1. The topological polar surface area (TPSA) is 92.5 Å². The van der Waals surface area contributed by atoms with Crippen LogP contribution in [0, 0.1) is 0 Å². The van der Waals surface area contributed by atoms with Crippen LogP contribution in [0.15, 0.2) is 48.5 Å². The lowest BCUT2D eigenvalue weighted by molar-refractivity contribution is 0.0951. The highest BCUT2D eigenvalue weighted by atomic mass is 35.5. The van der Waals surface area contributed by atoms with E-state index in [2.05, 4.69) is 5.32 Å². The van der Waals surface area contributed by atoms with E-state index in [1.807, 2.05) is 30.3 Å². The maximum atomic E-state index is 12.4. The average Bonchev–Trinajstić information content (AvgIpc) is 3.03.